The van der Waals surface area contributed by atoms with Gasteiger partial charge in [0.25, 0.3) is 0 Å². The molecular formula is C13H29N3O2. The number of likely N-dealkylation sites (N-methyl/N-ethyl adjacent to an activating group) is 1. The number of carbonyl (C=O) groups is 2. The fraction of sp³-hybridized carbons (Fsp3) is 0.846. The van der Waals surface area contributed by atoms with E-state index < -0.39 is 5.54 Å². The lowest BCUT2D eigenvalue weighted by Gasteiger charge is -2.16. The number of hydrogen-bond acceptors (Lipinski definition) is 4. The minimum absolute atomic E-state index is 0.00991. The summed E-state index contributed by atoms with van der Waals surface area (Å²) in [5, 5.41) is 5.13. The van der Waals surface area contributed by atoms with E-state index in [9.17, 15) is 9.59 Å². The fourth-order valence-corrected chi connectivity index (χ4v) is 0.630. The zero-order valence-corrected chi connectivity index (χ0v) is 12.6. The van der Waals surface area contributed by atoms with Gasteiger partial charge in [0.1, 0.15) is 0 Å². The van der Waals surface area contributed by atoms with Crippen molar-refractivity contribution in [2.45, 2.75) is 46.6 Å². The Kier molecular flexibility index (Phi) is 10.8. The van der Waals surface area contributed by atoms with E-state index in [4.69, 9.17) is 5.73 Å². The van der Waals surface area contributed by atoms with E-state index in [1.54, 1.807) is 20.9 Å². The molecule has 0 aliphatic heterocycles. The summed E-state index contributed by atoms with van der Waals surface area (Å²) in [7, 11) is 1.66. The number of rotatable bonds is 6. The maximum atomic E-state index is 11.2. The zero-order valence-electron chi connectivity index (χ0n) is 12.6. The van der Waals surface area contributed by atoms with E-state index in [-0.39, 0.29) is 24.8 Å². The molecule has 5 heteroatoms. The van der Waals surface area contributed by atoms with E-state index in [0.29, 0.717) is 0 Å². The van der Waals surface area contributed by atoms with Crippen LogP contribution >= 0.6 is 0 Å². The Morgan fingerprint density at radius 2 is 1.67 bits per heavy atom. The Morgan fingerprint density at radius 1 is 1.22 bits per heavy atom. The summed E-state index contributed by atoms with van der Waals surface area (Å²) in [5.74, 6) is 0.493. The van der Waals surface area contributed by atoms with Crippen LogP contribution in [-0.2, 0) is 9.59 Å². The monoisotopic (exact) mass is 259 g/mol. The third-order valence-electron chi connectivity index (χ3n) is 2.32. The van der Waals surface area contributed by atoms with E-state index >= 15 is 0 Å². The van der Waals surface area contributed by atoms with Crippen LogP contribution in [0.15, 0.2) is 0 Å². The van der Waals surface area contributed by atoms with Gasteiger partial charge in [-0.25, -0.2) is 0 Å². The van der Waals surface area contributed by atoms with Crippen molar-refractivity contribution in [1.29, 1.82) is 0 Å². The predicted octanol–water partition coefficient (Wildman–Crippen LogP) is 0.681. The Hall–Kier alpha value is -0.940. The van der Waals surface area contributed by atoms with Gasteiger partial charge in [0.05, 0.1) is 18.6 Å². The summed E-state index contributed by atoms with van der Waals surface area (Å²) in [6.45, 7) is 10.1. The van der Waals surface area contributed by atoms with Crippen LogP contribution in [0.1, 0.15) is 41.0 Å². The van der Waals surface area contributed by atoms with Crippen LogP contribution in [0.3, 0.4) is 0 Å². The Balaban J connectivity index is 0. The van der Waals surface area contributed by atoms with E-state index in [0.717, 1.165) is 5.92 Å². The van der Waals surface area contributed by atoms with Crippen molar-refractivity contribution in [2.75, 3.05) is 20.1 Å². The normalized spacial score (nSPS) is 10.7. The van der Waals surface area contributed by atoms with Crippen LogP contribution in [0.2, 0.25) is 0 Å². The first-order valence-corrected chi connectivity index (χ1v) is 6.38. The van der Waals surface area contributed by atoms with Gasteiger partial charge in [-0.15, -0.1) is 0 Å². The average Bonchev–Trinajstić information content (AvgIpc) is 2.25. The molecule has 0 heterocycles. The van der Waals surface area contributed by atoms with Crippen molar-refractivity contribution in [3.63, 3.8) is 0 Å². The average molecular weight is 259 g/mol. The molecule has 4 N–H and O–H groups in total. The third kappa shape index (κ3) is 13.1. The summed E-state index contributed by atoms with van der Waals surface area (Å²) in [6.07, 6.45) is 1.31. The number of hydrogen-bond donors (Lipinski definition) is 3. The maximum Gasteiger partial charge on any atom is 0.234 e. The summed E-state index contributed by atoms with van der Waals surface area (Å²) < 4.78 is 0. The molecule has 0 aliphatic rings. The standard InChI is InChI=1S/C8H17N3O2.C5H12/c1-8(2,9)6(12)4-11-7(13)5-10-3;1-4-5(2)3/h10H,4-5,9H2,1-3H3,(H,11,13);5H,4H2,1-3H3. The quantitative estimate of drug-likeness (QED) is 0.655. The van der Waals surface area contributed by atoms with Crippen LogP contribution in [0.5, 0.6) is 0 Å². The molecule has 0 saturated carbocycles. The molecule has 0 spiro atoms. The SMILES string of the molecule is CCC(C)C.CNCC(=O)NCC(=O)C(C)(C)N. The minimum Gasteiger partial charge on any atom is -0.348 e. The van der Waals surface area contributed by atoms with Gasteiger partial charge in [0.2, 0.25) is 5.91 Å². The van der Waals surface area contributed by atoms with Gasteiger partial charge < -0.3 is 16.4 Å². The molecule has 0 aromatic rings. The van der Waals surface area contributed by atoms with E-state index in [2.05, 4.69) is 31.4 Å². The highest BCUT2D eigenvalue weighted by Gasteiger charge is 2.21. The molecule has 0 aromatic heterocycles. The van der Waals surface area contributed by atoms with Gasteiger partial charge in [-0.3, -0.25) is 9.59 Å². The lowest BCUT2D eigenvalue weighted by molar-refractivity contribution is -0.126. The first kappa shape index (κ1) is 19.4. The number of nitrogens with one attached hydrogen (secondary N) is 2. The van der Waals surface area contributed by atoms with Gasteiger partial charge in [0, 0.05) is 0 Å². The second-order valence-corrected chi connectivity index (χ2v) is 5.25. The van der Waals surface area contributed by atoms with Crippen LogP contribution in [0, 0.1) is 5.92 Å². The summed E-state index contributed by atoms with van der Waals surface area (Å²) in [5.41, 5.74) is 4.64. The topological polar surface area (TPSA) is 84.2 Å². The lowest BCUT2D eigenvalue weighted by atomic mass is 10.0. The Morgan fingerprint density at radius 3 is 1.94 bits per heavy atom. The molecule has 0 radical (unpaired) electrons. The van der Waals surface area contributed by atoms with Crippen LogP contribution in [0.4, 0.5) is 0 Å². The first-order valence-electron chi connectivity index (χ1n) is 6.38. The van der Waals surface area contributed by atoms with Crippen molar-refractivity contribution < 1.29 is 9.59 Å². The summed E-state index contributed by atoms with van der Waals surface area (Å²) >= 11 is 0. The highest BCUT2D eigenvalue weighted by atomic mass is 16.2. The smallest absolute Gasteiger partial charge is 0.234 e. The molecule has 0 atom stereocenters. The van der Waals surface area contributed by atoms with Gasteiger partial charge in [0.15, 0.2) is 5.78 Å². The molecule has 0 saturated heterocycles. The Labute approximate surface area is 111 Å². The number of Topliss-reactive ketones (excluding diaryl/α,β-unsaturated/α-hetero) is 1. The Bertz CT molecular complexity index is 245. The number of ketones is 1. The molecule has 1 amide bonds. The van der Waals surface area contributed by atoms with Gasteiger partial charge in [-0.1, -0.05) is 27.2 Å². The summed E-state index contributed by atoms with van der Waals surface area (Å²) in [4.78, 5) is 22.1. The van der Waals surface area contributed by atoms with Crippen LogP contribution in [-0.4, -0.2) is 37.4 Å². The highest BCUT2D eigenvalue weighted by molar-refractivity contribution is 5.92. The maximum absolute atomic E-state index is 11.2. The van der Waals surface area contributed by atoms with Crippen LogP contribution in [0.25, 0.3) is 0 Å². The third-order valence-corrected chi connectivity index (χ3v) is 2.32. The number of nitrogens with two attached hydrogens (primary N) is 1. The molecule has 0 bridgehead atoms. The van der Waals surface area contributed by atoms with Gasteiger partial charge in [-0.2, -0.15) is 0 Å². The molecule has 0 unspecified atom stereocenters. The van der Waals surface area contributed by atoms with Crippen molar-refractivity contribution in [3.8, 4) is 0 Å². The molecule has 0 aliphatic carbocycles. The van der Waals surface area contributed by atoms with Gasteiger partial charge >= 0.3 is 0 Å². The molecule has 0 aromatic carbocycles. The molecule has 0 rings (SSSR count). The predicted molar refractivity (Wildman–Crippen MR) is 75.3 cm³/mol. The van der Waals surface area contributed by atoms with Crippen molar-refractivity contribution in [3.05, 3.63) is 0 Å². The number of carbonyl (C=O) groups excluding carboxylic acids is 2. The van der Waals surface area contributed by atoms with Crippen molar-refractivity contribution in [1.82, 2.24) is 10.6 Å². The summed E-state index contributed by atoms with van der Waals surface area (Å²) in [6, 6.07) is 0. The van der Waals surface area contributed by atoms with Gasteiger partial charge in [-0.05, 0) is 26.8 Å². The second kappa shape index (κ2) is 10.0. The lowest BCUT2D eigenvalue weighted by Crippen LogP contribution is -2.48. The fourth-order valence-electron chi connectivity index (χ4n) is 0.630. The van der Waals surface area contributed by atoms with Crippen LogP contribution < -0.4 is 16.4 Å². The van der Waals surface area contributed by atoms with E-state index in [1.165, 1.54) is 6.42 Å². The second-order valence-electron chi connectivity index (χ2n) is 5.25. The first-order chi connectivity index (χ1) is 8.15. The zero-order chi connectivity index (χ0) is 14.8. The van der Waals surface area contributed by atoms with Crippen molar-refractivity contribution in [2.24, 2.45) is 11.7 Å². The minimum atomic E-state index is -0.882. The number of amides is 1. The molecular weight excluding hydrogens is 230 g/mol. The molecule has 5 nitrogen and oxygen atoms in total. The van der Waals surface area contributed by atoms with Crippen molar-refractivity contribution >= 4 is 11.7 Å². The molecule has 0 fully saturated rings. The molecule has 18 heavy (non-hydrogen) atoms. The van der Waals surface area contributed by atoms with E-state index in [1.807, 2.05) is 0 Å². The highest BCUT2D eigenvalue weighted by Crippen LogP contribution is 1.96. The largest absolute Gasteiger partial charge is 0.348 e. The molecule has 108 valence electrons.